The Morgan fingerprint density at radius 1 is 1.19 bits per heavy atom. The van der Waals surface area contributed by atoms with E-state index in [9.17, 15) is 9.59 Å². The minimum Gasteiger partial charge on any atom is -0.355 e. The zero-order chi connectivity index (χ0) is 18.2. The number of thioether (sulfide) groups is 1. The molecule has 0 spiro atoms. The summed E-state index contributed by atoms with van der Waals surface area (Å²) in [6.45, 7) is 0.762. The first-order valence-electron chi connectivity index (χ1n) is 8.78. The number of carbonyl (C=O) groups is 2. The van der Waals surface area contributed by atoms with Gasteiger partial charge in [0.2, 0.25) is 11.0 Å². The maximum Gasteiger partial charge on any atom is 0.258 e. The SMILES string of the molecule is O=C(CSc1ccccc1C(=O)Nc1nncs1)NCC1CCCCC1. The fourth-order valence-corrected chi connectivity index (χ4v) is 4.34. The highest BCUT2D eigenvalue weighted by atomic mass is 32.2. The first kappa shape index (κ1) is 18.8. The summed E-state index contributed by atoms with van der Waals surface area (Å²) in [4.78, 5) is 25.4. The molecule has 0 saturated heterocycles. The Morgan fingerprint density at radius 2 is 2.00 bits per heavy atom. The van der Waals surface area contributed by atoms with Gasteiger partial charge in [-0.3, -0.25) is 14.9 Å². The normalized spacial score (nSPS) is 14.8. The van der Waals surface area contributed by atoms with Gasteiger partial charge in [-0.05, 0) is 30.9 Å². The molecule has 26 heavy (non-hydrogen) atoms. The monoisotopic (exact) mass is 390 g/mol. The van der Waals surface area contributed by atoms with Gasteiger partial charge in [0, 0.05) is 11.4 Å². The number of benzene rings is 1. The zero-order valence-corrected chi connectivity index (χ0v) is 16.1. The molecule has 0 aliphatic heterocycles. The molecule has 1 aliphatic rings. The molecule has 1 aromatic heterocycles. The summed E-state index contributed by atoms with van der Waals surface area (Å²) in [5.41, 5.74) is 2.10. The van der Waals surface area contributed by atoms with Crippen molar-refractivity contribution in [1.29, 1.82) is 0 Å². The van der Waals surface area contributed by atoms with E-state index in [2.05, 4.69) is 20.8 Å². The van der Waals surface area contributed by atoms with Gasteiger partial charge in [-0.25, -0.2) is 0 Å². The van der Waals surface area contributed by atoms with Crippen LogP contribution >= 0.6 is 23.1 Å². The highest BCUT2D eigenvalue weighted by Crippen LogP contribution is 2.25. The number of nitrogens with one attached hydrogen (secondary N) is 2. The molecule has 0 unspecified atom stereocenters. The molecule has 3 rings (SSSR count). The van der Waals surface area contributed by atoms with Gasteiger partial charge >= 0.3 is 0 Å². The zero-order valence-electron chi connectivity index (χ0n) is 14.4. The summed E-state index contributed by atoms with van der Waals surface area (Å²) in [7, 11) is 0. The van der Waals surface area contributed by atoms with Crippen LogP contribution < -0.4 is 10.6 Å². The van der Waals surface area contributed by atoms with Crippen molar-refractivity contribution in [2.45, 2.75) is 37.0 Å². The summed E-state index contributed by atoms with van der Waals surface area (Å²) < 4.78 is 0. The molecule has 138 valence electrons. The largest absolute Gasteiger partial charge is 0.355 e. The predicted octanol–water partition coefficient (Wildman–Crippen LogP) is 3.58. The Kier molecular flexibility index (Phi) is 7.02. The molecule has 2 aromatic rings. The molecule has 6 nitrogen and oxygen atoms in total. The lowest BCUT2D eigenvalue weighted by Gasteiger charge is -2.21. The van der Waals surface area contributed by atoms with E-state index in [1.54, 1.807) is 11.6 Å². The van der Waals surface area contributed by atoms with Crippen molar-refractivity contribution in [1.82, 2.24) is 15.5 Å². The quantitative estimate of drug-likeness (QED) is 0.706. The maximum atomic E-state index is 12.4. The van der Waals surface area contributed by atoms with E-state index in [4.69, 9.17) is 0 Å². The summed E-state index contributed by atoms with van der Waals surface area (Å²) in [5.74, 6) is 0.686. The van der Waals surface area contributed by atoms with Crippen LogP contribution in [0.25, 0.3) is 0 Å². The van der Waals surface area contributed by atoms with Crippen LogP contribution in [0.3, 0.4) is 0 Å². The molecule has 0 radical (unpaired) electrons. The molecule has 2 amide bonds. The van der Waals surface area contributed by atoms with E-state index in [1.807, 2.05) is 18.2 Å². The number of anilines is 1. The van der Waals surface area contributed by atoms with Crippen LogP contribution in [0.2, 0.25) is 0 Å². The summed E-state index contributed by atoms with van der Waals surface area (Å²) >= 11 is 2.64. The molecule has 1 heterocycles. The van der Waals surface area contributed by atoms with Crippen molar-refractivity contribution in [2.75, 3.05) is 17.6 Å². The second-order valence-corrected chi connectivity index (χ2v) is 8.14. The third-order valence-corrected chi connectivity index (χ3v) is 6.06. The fourth-order valence-electron chi connectivity index (χ4n) is 3.02. The van der Waals surface area contributed by atoms with E-state index >= 15 is 0 Å². The highest BCUT2D eigenvalue weighted by molar-refractivity contribution is 8.00. The molecule has 1 saturated carbocycles. The standard InChI is InChI=1S/C18H22N4O2S2/c23-16(19-10-13-6-2-1-3-7-13)11-25-15-9-5-4-8-14(15)17(24)21-18-22-20-12-26-18/h4-5,8-9,12-13H,1-3,6-7,10-11H2,(H,19,23)(H,21,22,24). The minimum absolute atomic E-state index is 0.0138. The van der Waals surface area contributed by atoms with Gasteiger partial charge < -0.3 is 5.32 Å². The fraction of sp³-hybridized carbons (Fsp3) is 0.444. The molecule has 1 aliphatic carbocycles. The van der Waals surface area contributed by atoms with Gasteiger partial charge in [-0.15, -0.1) is 22.0 Å². The lowest BCUT2D eigenvalue weighted by molar-refractivity contribution is -0.118. The lowest BCUT2D eigenvalue weighted by atomic mass is 9.89. The van der Waals surface area contributed by atoms with Crippen LogP contribution in [-0.2, 0) is 4.79 Å². The Morgan fingerprint density at radius 3 is 2.77 bits per heavy atom. The van der Waals surface area contributed by atoms with Crippen LogP contribution in [0.1, 0.15) is 42.5 Å². The summed E-state index contributed by atoms with van der Waals surface area (Å²) in [6, 6.07) is 7.28. The molecule has 1 aromatic carbocycles. The van der Waals surface area contributed by atoms with E-state index < -0.39 is 0 Å². The van der Waals surface area contributed by atoms with Gasteiger partial charge in [-0.1, -0.05) is 42.7 Å². The van der Waals surface area contributed by atoms with E-state index in [0.29, 0.717) is 22.4 Å². The van der Waals surface area contributed by atoms with Gasteiger partial charge in [0.25, 0.3) is 5.91 Å². The molecule has 0 bridgehead atoms. The number of aromatic nitrogens is 2. The Bertz CT molecular complexity index is 731. The van der Waals surface area contributed by atoms with Crippen LogP contribution in [0.5, 0.6) is 0 Å². The number of amides is 2. The average Bonchev–Trinajstić information content (AvgIpc) is 3.18. The average molecular weight is 391 g/mol. The van der Waals surface area contributed by atoms with Crippen molar-refractivity contribution in [2.24, 2.45) is 5.92 Å². The van der Waals surface area contributed by atoms with E-state index in [-0.39, 0.29) is 11.8 Å². The second-order valence-electron chi connectivity index (χ2n) is 6.29. The van der Waals surface area contributed by atoms with Crippen molar-refractivity contribution in [3.63, 3.8) is 0 Å². The van der Waals surface area contributed by atoms with Crippen molar-refractivity contribution < 1.29 is 9.59 Å². The lowest BCUT2D eigenvalue weighted by Crippen LogP contribution is -2.31. The number of hydrogen-bond donors (Lipinski definition) is 2. The molecule has 8 heteroatoms. The third-order valence-electron chi connectivity index (χ3n) is 4.38. The molecule has 1 fully saturated rings. The number of rotatable bonds is 7. The summed E-state index contributed by atoms with van der Waals surface area (Å²) in [6.07, 6.45) is 6.28. The first-order chi connectivity index (χ1) is 12.7. The topological polar surface area (TPSA) is 84.0 Å². The number of hydrogen-bond acceptors (Lipinski definition) is 6. The molecular formula is C18H22N4O2S2. The number of carbonyl (C=O) groups excluding carboxylic acids is 2. The van der Waals surface area contributed by atoms with E-state index in [0.717, 1.165) is 11.4 Å². The predicted molar refractivity (Wildman–Crippen MR) is 105 cm³/mol. The van der Waals surface area contributed by atoms with Crippen molar-refractivity contribution in [3.8, 4) is 0 Å². The van der Waals surface area contributed by atoms with Crippen LogP contribution in [-0.4, -0.2) is 34.3 Å². The smallest absolute Gasteiger partial charge is 0.258 e. The molecule has 2 N–H and O–H groups in total. The third kappa shape index (κ3) is 5.54. The van der Waals surface area contributed by atoms with Crippen molar-refractivity contribution >= 4 is 40.0 Å². The Labute approximate surface area is 161 Å². The molecular weight excluding hydrogens is 368 g/mol. The van der Waals surface area contributed by atoms with Crippen molar-refractivity contribution in [3.05, 3.63) is 35.3 Å². The van der Waals surface area contributed by atoms with Crippen LogP contribution in [0.15, 0.2) is 34.7 Å². The maximum absolute atomic E-state index is 12.4. The van der Waals surface area contributed by atoms with Crippen LogP contribution in [0.4, 0.5) is 5.13 Å². The van der Waals surface area contributed by atoms with Gasteiger partial charge in [0.1, 0.15) is 5.51 Å². The van der Waals surface area contributed by atoms with Gasteiger partial charge in [-0.2, -0.15) is 0 Å². The van der Waals surface area contributed by atoms with E-state index in [1.165, 1.54) is 55.2 Å². The highest BCUT2D eigenvalue weighted by Gasteiger charge is 2.16. The van der Waals surface area contributed by atoms with Crippen LogP contribution in [0, 0.1) is 5.92 Å². The van der Waals surface area contributed by atoms with Gasteiger partial charge in [0.05, 0.1) is 11.3 Å². The Hall–Kier alpha value is -1.93. The number of nitrogens with zero attached hydrogens (tertiary/aromatic N) is 2. The first-order valence-corrected chi connectivity index (χ1v) is 10.6. The minimum atomic E-state index is -0.243. The van der Waals surface area contributed by atoms with Gasteiger partial charge in [0.15, 0.2) is 0 Å². The summed E-state index contributed by atoms with van der Waals surface area (Å²) in [5, 5.41) is 13.7. The Balaban J connectivity index is 1.51. The molecule has 0 atom stereocenters. The second kappa shape index (κ2) is 9.68.